The van der Waals surface area contributed by atoms with Crippen molar-refractivity contribution in [3.8, 4) is 5.75 Å². The number of para-hydroxylation sites is 1. The topological polar surface area (TPSA) is 58.6 Å². The lowest BCUT2D eigenvalue weighted by atomic mass is 9.86. The SMILES string of the molecule is CC(C)(C)c1ccccc1OCC(=O)NCC(=O)N1CCCC1. The Labute approximate surface area is 138 Å². The van der Waals surface area contributed by atoms with E-state index in [2.05, 4.69) is 26.1 Å². The van der Waals surface area contributed by atoms with Gasteiger partial charge in [0.2, 0.25) is 5.91 Å². The van der Waals surface area contributed by atoms with E-state index in [0.29, 0.717) is 5.75 Å². The quantitative estimate of drug-likeness (QED) is 0.904. The van der Waals surface area contributed by atoms with Gasteiger partial charge in [0.1, 0.15) is 5.75 Å². The molecule has 2 rings (SSSR count). The van der Waals surface area contributed by atoms with Crippen LogP contribution in [-0.4, -0.2) is 43.0 Å². The maximum atomic E-state index is 11.9. The summed E-state index contributed by atoms with van der Waals surface area (Å²) in [6.07, 6.45) is 2.10. The van der Waals surface area contributed by atoms with E-state index in [-0.39, 0.29) is 30.4 Å². The van der Waals surface area contributed by atoms with Gasteiger partial charge < -0.3 is 15.0 Å². The summed E-state index contributed by atoms with van der Waals surface area (Å²) in [5.74, 6) is 0.410. The van der Waals surface area contributed by atoms with E-state index in [0.717, 1.165) is 31.5 Å². The van der Waals surface area contributed by atoms with Gasteiger partial charge in [0.15, 0.2) is 6.61 Å². The molecule has 0 bridgehead atoms. The average Bonchev–Trinajstić information content (AvgIpc) is 3.04. The van der Waals surface area contributed by atoms with Crippen molar-refractivity contribution in [3.05, 3.63) is 29.8 Å². The number of hydrogen-bond acceptors (Lipinski definition) is 3. The number of benzene rings is 1. The predicted molar refractivity (Wildman–Crippen MR) is 89.5 cm³/mol. The highest BCUT2D eigenvalue weighted by molar-refractivity contribution is 5.85. The van der Waals surface area contributed by atoms with Crippen molar-refractivity contribution in [1.82, 2.24) is 10.2 Å². The zero-order valence-electron chi connectivity index (χ0n) is 14.2. The van der Waals surface area contributed by atoms with Crippen LogP contribution in [0.25, 0.3) is 0 Å². The van der Waals surface area contributed by atoms with Crippen LogP contribution in [-0.2, 0) is 15.0 Å². The third-order valence-electron chi connectivity index (χ3n) is 3.95. The van der Waals surface area contributed by atoms with Gasteiger partial charge in [-0.15, -0.1) is 0 Å². The van der Waals surface area contributed by atoms with Gasteiger partial charge in [-0.2, -0.15) is 0 Å². The third-order valence-corrected chi connectivity index (χ3v) is 3.95. The Hall–Kier alpha value is -2.04. The molecule has 1 N–H and O–H groups in total. The molecule has 0 aliphatic carbocycles. The van der Waals surface area contributed by atoms with Crippen LogP contribution in [0.1, 0.15) is 39.2 Å². The minimum Gasteiger partial charge on any atom is -0.483 e. The van der Waals surface area contributed by atoms with E-state index >= 15 is 0 Å². The molecule has 1 aromatic carbocycles. The second kappa shape index (κ2) is 7.49. The van der Waals surface area contributed by atoms with E-state index < -0.39 is 0 Å². The fraction of sp³-hybridized carbons (Fsp3) is 0.556. The summed E-state index contributed by atoms with van der Waals surface area (Å²) in [5, 5.41) is 2.63. The van der Waals surface area contributed by atoms with Gasteiger partial charge in [-0.3, -0.25) is 9.59 Å². The zero-order chi connectivity index (χ0) is 16.9. The molecular weight excluding hydrogens is 292 g/mol. The molecule has 1 aliphatic heterocycles. The first-order valence-electron chi connectivity index (χ1n) is 8.15. The summed E-state index contributed by atoms with van der Waals surface area (Å²) >= 11 is 0. The lowest BCUT2D eigenvalue weighted by molar-refractivity contribution is -0.132. The Bertz CT molecular complexity index is 558. The fourth-order valence-electron chi connectivity index (χ4n) is 2.66. The lowest BCUT2D eigenvalue weighted by Gasteiger charge is -2.22. The first-order chi connectivity index (χ1) is 10.9. The normalized spacial score (nSPS) is 14.7. The number of ether oxygens (including phenoxy) is 1. The highest BCUT2D eigenvalue weighted by Crippen LogP contribution is 2.30. The van der Waals surface area contributed by atoms with Crippen LogP contribution >= 0.6 is 0 Å². The molecule has 1 fully saturated rings. The maximum Gasteiger partial charge on any atom is 0.258 e. The van der Waals surface area contributed by atoms with Crippen LogP contribution in [0, 0.1) is 0 Å². The smallest absolute Gasteiger partial charge is 0.258 e. The zero-order valence-corrected chi connectivity index (χ0v) is 14.2. The molecule has 0 radical (unpaired) electrons. The number of rotatable bonds is 5. The molecule has 5 heteroatoms. The molecule has 23 heavy (non-hydrogen) atoms. The predicted octanol–water partition coefficient (Wildman–Crippen LogP) is 2.10. The molecule has 1 aromatic rings. The summed E-state index contributed by atoms with van der Waals surface area (Å²) in [5.41, 5.74) is 1.000. The Morgan fingerprint density at radius 3 is 2.48 bits per heavy atom. The minimum atomic E-state index is -0.277. The molecule has 2 amide bonds. The van der Waals surface area contributed by atoms with Gasteiger partial charge in [-0.1, -0.05) is 39.0 Å². The monoisotopic (exact) mass is 318 g/mol. The molecule has 0 saturated carbocycles. The van der Waals surface area contributed by atoms with Crippen LogP contribution in [0.15, 0.2) is 24.3 Å². The number of amides is 2. The lowest BCUT2D eigenvalue weighted by Crippen LogP contribution is -2.40. The number of carbonyl (C=O) groups excluding carboxylic acids is 2. The van der Waals surface area contributed by atoms with Gasteiger partial charge >= 0.3 is 0 Å². The van der Waals surface area contributed by atoms with Crippen molar-refractivity contribution in [2.24, 2.45) is 0 Å². The summed E-state index contributed by atoms with van der Waals surface area (Å²) in [6.45, 7) is 7.86. The van der Waals surface area contributed by atoms with Crippen molar-refractivity contribution in [2.75, 3.05) is 26.2 Å². The van der Waals surface area contributed by atoms with Crippen molar-refractivity contribution < 1.29 is 14.3 Å². The van der Waals surface area contributed by atoms with E-state index in [1.54, 1.807) is 4.90 Å². The first kappa shape index (κ1) is 17.3. The highest BCUT2D eigenvalue weighted by Gasteiger charge is 2.20. The van der Waals surface area contributed by atoms with E-state index in [4.69, 9.17) is 4.74 Å². The Balaban J connectivity index is 1.82. The molecular formula is C18H26N2O3. The summed E-state index contributed by atoms with van der Waals surface area (Å²) in [7, 11) is 0. The molecule has 0 atom stereocenters. The molecule has 0 unspecified atom stereocenters. The first-order valence-corrected chi connectivity index (χ1v) is 8.15. The number of nitrogens with zero attached hydrogens (tertiary/aromatic N) is 1. The third kappa shape index (κ3) is 4.98. The Morgan fingerprint density at radius 2 is 1.83 bits per heavy atom. The van der Waals surface area contributed by atoms with Gasteiger partial charge in [-0.05, 0) is 29.9 Å². The Kier molecular flexibility index (Phi) is 5.64. The van der Waals surface area contributed by atoms with Crippen LogP contribution in [0.3, 0.4) is 0 Å². The van der Waals surface area contributed by atoms with Crippen LogP contribution < -0.4 is 10.1 Å². The molecule has 0 aromatic heterocycles. The van der Waals surface area contributed by atoms with Crippen LogP contribution in [0.4, 0.5) is 0 Å². The summed E-state index contributed by atoms with van der Waals surface area (Å²) in [6, 6.07) is 7.72. The second-order valence-corrected chi connectivity index (χ2v) is 6.90. The van der Waals surface area contributed by atoms with Crippen molar-refractivity contribution in [2.45, 2.75) is 39.0 Å². The number of hydrogen-bond donors (Lipinski definition) is 1. The highest BCUT2D eigenvalue weighted by atomic mass is 16.5. The largest absolute Gasteiger partial charge is 0.483 e. The van der Waals surface area contributed by atoms with Crippen molar-refractivity contribution >= 4 is 11.8 Å². The summed E-state index contributed by atoms with van der Waals surface area (Å²) < 4.78 is 5.65. The standard InChI is InChI=1S/C18H26N2O3/c1-18(2,3)14-8-4-5-9-15(14)23-13-16(21)19-12-17(22)20-10-6-7-11-20/h4-5,8-9H,6-7,10-13H2,1-3H3,(H,19,21). The van der Waals surface area contributed by atoms with Gasteiger partial charge in [-0.25, -0.2) is 0 Å². The van der Waals surface area contributed by atoms with Crippen molar-refractivity contribution in [3.63, 3.8) is 0 Å². The van der Waals surface area contributed by atoms with Gasteiger partial charge in [0.05, 0.1) is 6.54 Å². The van der Waals surface area contributed by atoms with Gasteiger partial charge in [0, 0.05) is 13.1 Å². The molecule has 5 nitrogen and oxygen atoms in total. The maximum absolute atomic E-state index is 11.9. The number of carbonyl (C=O) groups is 2. The molecule has 1 aliphatic rings. The minimum absolute atomic E-state index is 0.0223. The van der Waals surface area contributed by atoms with E-state index in [1.165, 1.54) is 0 Å². The fourth-order valence-corrected chi connectivity index (χ4v) is 2.66. The summed E-state index contributed by atoms with van der Waals surface area (Å²) in [4.78, 5) is 25.6. The second-order valence-electron chi connectivity index (χ2n) is 6.90. The average molecular weight is 318 g/mol. The molecule has 1 heterocycles. The van der Waals surface area contributed by atoms with E-state index in [1.807, 2.05) is 24.3 Å². The van der Waals surface area contributed by atoms with E-state index in [9.17, 15) is 9.59 Å². The molecule has 126 valence electrons. The molecule has 1 saturated heterocycles. The van der Waals surface area contributed by atoms with Crippen molar-refractivity contribution in [1.29, 1.82) is 0 Å². The Morgan fingerprint density at radius 1 is 1.17 bits per heavy atom. The number of nitrogens with one attached hydrogen (secondary N) is 1. The van der Waals surface area contributed by atoms with Crippen LogP contribution in [0.5, 0.6) is 5.75 Å². The van der Waals surface area contributed by atoms with Crippen LogP contribution in [0.2, 0.25) is 0 Å². The number of likely N-dealkylation sites (tertiary alicyclic amines) is 1. The molecule has 0 spiro atoms. The van der Waals surface area contributed by atoms with Gasteiger partial charge in [0.25, 0.3) is 5.91 Å².